The molecule has 106 valence electrons. The highest BCUT2D eigenvalue weighted by atomic mass is 35.5. The number of hydrogen-bond acceptors (Lipinski definition) is 2. The van der Waals surface area contributed by atoms with Gasteiger partial charge < -0.3 is 0 Å². The molecule has 0 bridgehead atoms. The molecule has 2 aromatic rings. The van der Waals surface area contributed by atoms with Gasteiger partial charge in [-0.2, -0.15) is 5.26 Å². The average molecular weight is 343 g/mol. The molecule has 1 atom stereocenters. The first kappa shape index (κ1) is 15.8. The molecule has 0 fully saturated rings. The van der Waals surface area contributed by atoms with Crippen LogP contribution in [0.3, 0.4) is 0 Å². The van der Waals surface area contributed by atoms with Crippen LogP contribution >= 0.6 is 34.8 Å². The van der Waals surface area contributed by atoms with Gasteiger partial charge in [-0.25, -0.2) is 4.39 Å². The third kappa shape index (κ3) is 3.19. The number of halogens is 4. The summed E-state index contributed by atoms with van der Waals surface area (Å²) >= 11 is 17.6. The predicted molar refractivity (Wildman–Crippen MR) is 80.6 cm³/mol. The van der Waals surface area contributed by atoms with Crippen LogP contribution in [0.5, 0.6) is 0 Å². The SMILES string of the molecule is N#CC(C(=O)c1cccc(F)c1Cl)c1ccc(Cl)cc1Cl. The zero-order chi connectivity index (χ0) is 15.6. The minimum atomic E-state index is -1.19. The first-order chi connectivity index (χ1) is 9.95. The van der Waals surface area contributed by atoms with Gasteiger partial charge in [0.15, 0.2) is 5.78 Å². The molecule has 0 heterocycles. The van der Waals surface area contributed by atoms with Crippen LogP contribution in [0.2, 0.25) is 15.1 Å². The number of nitrogens with zero attached hydrogens (tertiary/aromatic N) is 1. The summed E-state index contributed by atoms with van der Waals surface area (Å²) in [6.45, 7) is 0. The Balaban J connectivity index is 2.49. The Morgan fingerprint density at radius 2 is 1.90 bits per heavy atom. The Morgan fingerprint density at radius 3 is 2.52 bits per heavy atom. The van der Waals surface area contributed by atoms with Crippen molar-refractivity contribution in [3.8, 4) is 6.07 Å². The van der Waals surface area contributed by atoms with Crippen LogP contribution in [-0.2, 0) is 0 Å². The van der Waals surface area contributed by atoms with Gasteiger partial charge in [0.2, 0.25) is 0 Å². The minimum absolute atomic E-state index is 0.0609. The van der Waals surface area contributed by atoms with E-state index in [1.165, 1.54) is 30.3 Å². The molecule has 0 spiro atoms. The summed E-state index contributed by atoms with van der Waals surface area (Å²) in [6, 6.07) is 10.2. The fourth-order valence-electron chi connectivity index (χ4n) is 1.85. The summed E-state index contributed by atoms with van der Waals surface area (Å²) in [7, 11) is 0. The molecule has 0 aliphatic rings. The maximum atomic E-state index is 13.4. The highest BCUT2D eigenvalue weighted by Crippen LogP contribution is 2.31. The van der Waals surface area contributed by atoms with Gasteiger partial charge in [0.1, 0.15) is 11.7 Å². The Hall–Kier alpha value is -1.60. The lowest BCUT2D eigenvalue weighted by Crippen LogP contribution is -2.12. The molecule has 0 aliphatic heterocycles. The van der Waals surface area contributed by atoms with E-state index < -0.39 is 17.5 Å². The third-order valence-corrected chi connectivity index (χ3v) is 3.83. The van der Waals surface area contributed by atoms with Gasteiger partial charge in [-0.1, -0.05) is 46.9 Å². The lowest BCUT2D eigenvalue weighted by Gasteiger charge is -2.12. The van der Waals surface area contributed by atoms with E-state index in [2.05, 4.69) is 0 Å². The lowest BCUT2D eigenvalue weighted by atomic mass is 9.91. The molecule has 0 aromatic heterocycles. The van der Waals surface area contributed by atoms with E-state index in [1.54, 1.807) is 0 Å². The van der Waals surface area contributed by atoms with E-state index in [0.717, 1.165) is 6.07 Å². The molecule has 0 N–H and O–H groups in total. The van der Waals surface area contributed by atoms with E-state index >= 15 is 0 Å². The van der Waals surface area contributed by atoms with Crippen molar-refractivity contribution in [2.75, 3.05) is 0 Å². The minimum Gasteiger partial charge on any atom is -0.292 e. The number of Topliss-reactive ketones (excluding diaryl/α,β-unsaturated/α-hetero) is 1. The molecule has 0 saturated carbocycles. The van der Waals surface area contributed by atoms with Gasteiger partial charge in [0.05, 0.1) is 11.1 Å². The molecule has 2 nitrogen and oxygen atoms in total. The maximum Gasteiger partial charge on any atom is 0.186 e. The van der Waals surface area contributed by atoms with Crippen LogP contribution in [-0.4, -0.2) is 5.78 Å². The summed E-state index contributed by atoms with van der Waals surface area (Å²) in [4.78, 5) is 12.4. The summed E-state index contributed by atoms with van der Waals surface area (Å²) in [5.74, 6) is -2.53. The molecular weight excluding hydrogens is 336 g/mol. The number of nitriles is 1. The van der Waals surface area contributed by atoms with E-state index in [1.807, 2.05) is 6.07 Å². The van der Waals surface area contributed by atoms with Crippen LogP contribution in [0, 0.1) is 17.1 Å². The smallest absolute Gasteiger partial charge is 0.186 e. The van der Waals surface area contributed by atoms with Crippen molar-refractivity contribution >= 4 is 40.6 Å². The number of carbonyl (C=O) groups excluding carboxylic acids is 1. The summed E-state index contributed by atoms with van der Waals surface area (Å²) in [5.41, 5.74) is 0.239. The second-order valence-corrected chi connectivity index (χ2v) is 5.42. The Kier molecular flexibility index (Phi) is 4.84. The Morgan fingerprint density at radius 1 is 1.19 bits per heavy atom. The molecule has 0 amide bonds. The molecule has 1 unspecified atom stereocenters. The van der Waals surface area contributed by atoms with E-state index in [-0.39, 0.29) is 15.6 Å². The van der Waals surface area contributed by atoms with Gasteiger partial charge in [-0.3, -0.25) is 4.79 Å². The van der Waals surface area contributed by atoms with Gasteiger partial charge in [-0.05, 0) is 29.8 Å². The predicted octanol–water partition coefficient (Wildman–Crippen LogP) is 5.28. The second kappa shape index (κ2) is 6.44. The Labute approximate surface area is 135 Å². The molecule has 21 heavy (non-hydrogen) atoms. The third-order valence-electron chi connectivity index (χ3n) is 2.88. The van der Waals surface area contributed by atoms with Crippen LogP contribution in [0.4, 0.5) is 4.39 Å². The number of benzene rings is 2. The Bertz CT molecular complexity index is 755. The molecule has 0 aliphatic carbocycles. The van der Waals surface area contributed by atoms with Crippen molar-refractivity contribution in [2.45, 2.75) is 5.92 Å². The number of rotatable bonds is 3. The van der Waals surface area contributed by atoms with Crippen LogP contribution in [0.15, 0.2) is 36.4 Å². The van der Waals surface area contributed by atoms with Crippen molar-refractivity contribution in [1.82, 2.24) is 0 Å². The van der Waals surface area contributed by atoms with Crippen molar-refractivity contribution in [1.29, 1.82) is 5.26 Å². The first-order valence-electron chi connectivity index (χ1n) is 5.78. The summed E-state index contributed by atoms with van der Waals surface area (Å²) in [5, 5.41) is 9.53. The van der Waals surface area contributed by atoms with Crippen molar-refractivity contribution in [2.24, 2.45) is 0 Å². The summed E-state index contributed by atoms with van der Waals surface area (Å²) < 4.78 is 13.4. The number of hydrogen-bond donors (Lipinski definition) is 0. The number of carbonyl (C=O) groups is 1. The maximum absolute atomic E-state index is 13.4. The monoisotopic (exact) mass is 341 g/mol. The summed E-state index contributed by atoms with van der Waals surface area (Å²) in [6.07, 6.45) is 0. The first-order valence-corrected chi connectivity index (χ1v) is 6.92. The number of ketones is 1. The zero-order valence-electron chi connectivity index (χ0n) is 10.4. The fraction of sp³-hybridized carbons (Fsp3) is 0.0667. The molecule has 0 saturated heterocycles. The van der Waals surface area contributed by atoms with Gasteiger partial charge in [0.25, 0.3) is 0 Å². The molecule has 2 rings (SSSR count). The van der Waals surface area contributed by atoms with Crippen molar-refractivity contribution in [3.05, 3.63) is 68.4 Å². The van der Waals surface area contributed by atoms with E-state index in [9.17, 15) is 14.4 Å². The normalized spacial score (nSPS) is 11.8. The molecule has 0 radical (unpaired) electrons. The largest absolute Gasteiger partial charge is 0.292 e. The van der Waals surface area contributed by atoms with Crippen LogP contribution < -0.4 is 0 Å². The molecule has 6 heteroatoms. The van der Waals surface area contributed by atoms with Crippen LogP contribution in [0.1, 0.15) is 21.8 Å². The van der Waals surface area contributed by atoms with Crippen LogP contribution in [0.25, 0.3) is 0 Å². The van der Waals surface area contributed by atoms with Gasteiger partial charge in [-0.15, -0.1) is 0 Å². The highest BCUT2D eigenvalue weighted by Gasteiger charge is 2.26. The van der Waals surface area contributed by atoms with Crippen molar-refractivity contribution in [3.63, 3.8) is 0 Å². The highest BCUT2D eigenvalue weighted by molar-refractivity contribution is 6.36. The topological polar surface area (TPSA) is 40.9 Å². The van der Waals surface area contributed by atoms with Crippen molar-refractivity contribution < 1.29 is 9.18 Å². The molecular formula is C15H7Cl3FNO. The second-order valence-electron chi connectivity index (χ2n) is 4.19. The average Bonchev–Trinajstić information content (AvgIpc) is 2.44. The lowest BCUT2D eigenvalue weighted by molar-refractivity contribution is 0.0978. The zero-order valence-corrected chi connectivity index (χ0v) is 12.7. The quantitative estimate of drug-likeness (QED) is 0.712. The fourth-order valence-corrected chi connectivity index (χ4v) is 2.59. The van der Waals surface area contributed by atoms with Gasteiger partial charge >= 0.3 is 0 Å². The molecule has 2 aromatic carbocycles. The van der Waals surface area contributed by atoms with E-state index in [4.69, 9.17) is 34.8 Å². The van der Waals surface area contributed by atoms with E-state index in [0.29, 0.717) is 10.6 Å². The van der Waals surface area contributed by atoms with Gasteiger partial charge in [0, 0.05) is 15.6 Å². The standard InChI is InChI=1S/C15H7Cl3FNO/c16-8-4-5-9(12(17)6-8)11(7-20)15(21)10-2-1-3-13(19)14(10)18/h1-6,11H.